The van der Waals surface area contributed by atoms with Gasteiger partial charge in [0.25, 0.3) is 0 Å². The van der Waals surface area contributed by atoms with Crippen LogP contribution < -0.4 is 0 Å². The molecule has 0 bridgehead atoms. The third-order valence-corrected chi connectivity index (χ3v) is 3.33. The summed E-state index contributed by atoms with van der Waals surface area (Å²) in [6.45, 7) is 1.72. The maximum atomic E-state index is 13.4. The first kappa shape index (κ1) is 11.4. The minimum atomic E-state index is -0.242. The molecule has 0 unspecified atom stereocenters. The molecule has 0 saturated heterocycles. The second-order valence-corrected chi connectivity index (χ2v) is 4.30. The van der Waals surface area contributed by atoms with Crippen molar-refractivity contribution in [3.05, 3.63) is 57.8 Å². The second kappa shape index (κ2) is 4.44. The fraction of sp³-hybridized carbons (Fsp3) is 0.0769. The van der Waals surface area contributed by atoms with Crippen LogP contribution in [0.4, 0.5) is 4.39 Å². The lowest BCUT2D eigenvalue weighted by atomic mass is 10.0. The van der Waals surface area contributed by atoms with Gasteiger partial charge in [-0.15, -0.1) is 0 Å². The lowest BCUT2D eigenvalue weighted by molar-refractivity contribution is 0.619. The number of hydrogen-bond donors (Lipinski definition) is 0. The molecule has 82 valence electrons. The van der Waals surface area contributed by atoms with E-state index in [1.54, 1.807) is 25.1 Å². The van der Waals surface area contributed by atoms with Crippen LogP contribution in [0.2, 0.25) is 10.0 Å². The van der Waals surface area contributed by atoms with E-state index in [0.717, 1.165) is 11.1 Å². The predicted octanol–water partition coefficient (Wildman–Crippen LogP) is 5.11. The normalized spacial score (nSPS) is 10.5. The van der Waals surface area contributed by atoms with Crippen LogP contribution in [0.15, 0.2) is 36.4 Å². The lowest BCUT2D eigenvalue weighted by Crippen LogP contribution is -1.88. The minimum absolute atomic E-state index is 0.242. The van der Waals surface area contributed by atoms with E-state index in [2.05, 4.69) is 0 Å². The monoisotopic (exact) mass is 254 g/mol. The van der Waals surface area contributed by atoms with Crippen molar-refractivity contribution >= 4 is 23.2 Å². The zero-order chi connectivity index (χ0) is 11.7. The van der Waals surface area contributed by atoms with E-state index < -0.39 is 0 Å². The van der Waals surface area contributed by atoms with Crippen molar-refractivity contribution in [2.24, 2.45) is 0 Å². The molecule has 2 aromatic carbocycles. The highest BCUT2D eigenvalue weighted by Gasteiger charge is 2.10. The number of halogens is 3. The molecule has 0 atom stereocenters. The summed E-state index contributed by atoms with van der Waals surface area (Å²) in [6.07, 6.45) is 0. The molecular formula is C13H9Cl2F. The molecule has 0 saturated carbocycles. The maximum absolute atomic E-state index is 13.4. The largest absolute Gasteiger partial charge is 0.207 e. The molecule has 0 aliphatic carbocycles. The summed E-state index contributed by atoms with van der Waals surface area (Å²) >= 11 is 12.0. The molecule has 16 heavy (non-hydrogen) atoms. The minimum Gasteiger partial charge on any atom is -0.207 e. The van der Waals surface area contributed by atoms with Gasteiger partial charge < -0.3 is 0 Å². The SMILES string of the molecule is Cc1c(F)cccc1-c1cccc(Cl)c1Cl. The van der Waals surface area contributed by atoms with Crippen LogP contribution in [0.25, 0.3) is 11.1 Å². The Kier molecular flexibility index (Phi) is 3.17. The number of hydrogen-bond acceptors (Lipinski definition) is 0. The van der Waals surface area contributed by atoms with Gasteiger partial charge in [0.05, 0.1) is 10.0 Å². The Morgan fingerprint density at radius 1 is 0.938 bits per heavy atom. The van der Waals surface area contributed by atoms with Crippen molar-refractivity contribution < 1.29 is 4.39 Å². The van der Waals surface area contributed by atoms with Crippen LogP contribution in [-0.2, 0) is 0 Å². The summed E-state index contributed by atoms with van der Waals surface area (Å²) in [6, 6.07) is 10.3. The van der Waals surface area contributed by atoms with Gasteiger partial charge in [0.2, 0.25) is 0 Å². The predicted molar refractivity (Wildman–Crippen MR) is 66.6 cm³/mol. The van der Waals surface area contributed by atoms with E-state index in [1.165, 1.54) is 6.07 Å². The van der Waals surface area contributed by atoms with Gasteiger partial charge in [-0.25, -0.2) is 4.39 Å². The highest BCUT2D eigenvalue weighted by atomic mass is 35.5. The number of benzene rings is 2. The van der Waals surface area contributed by atoms with Gasteiger partial charge in [-0.3, -0.25) is 0 Å². The summed E-state index contributed by atoms with van der Waals surface area (Å²) in [4.78, 5) is 0. The Bertz CT molecular complexity index is 486. The standard InChI is InChI=1S/C13H9Cl2F/c1-8-9(4-3-7-12(8)16)10-5-2-6-11(14)13(10)15/h2-7H,1H3. The average molecular weight is 255 g/mol. The van der Waals surface area contributed by atoms with Crippen LogP contribution in [0, 0.1) is 12.7 Å². The van der Waals surface area contributed by atoms with Crippen molar-refractivity contribution in [2.75, 3.05) is 0 Å². The van der Waals surface area contributed by atoms with Crippen molar-refractivity contribution in [3.8, 4) is 11.1 Å². The van der Waals surface area contributed by atoms with Gasteiger partial charge >= 0.3 is 0 Å². The summed E-state index contributed by atoms with van der Waals surface area (Å²) in [5.41, 5.74) is 2.10. The summed E-state index contributed by atoms with van der Waals surface area (Å²) in [5, 5.41) is 0.931. The Balaban J connectivity index is 2.68. The third kappa shape index (κ3) is 1.93. The van der Waals surface area contributed by atoms with Gasteiger partial charge in [-0.1, -0.05) is 47.5 Å². The Morgan fingerprint density at radius 2 is 1.56 bits per heavy atom. The van der Waals surface area contributed by atoms with Crippen LogP contribution in [0.5, 0.6) is 0 Å². The molecule has 2 rings (SSSR count). The molecule has 0 fully saturated rings. The van der Waals surface area contributed by atoms with Gasteiger partial charge in [0.15, 0.2) is 0 Å². The first-order valence-electron chi connectivity index (χ1n) is 4.80. The van der Waals surface area contributed by atoms with Crippen LogP contribution in [0.1, 0.15) is 5.56 Å². The van der Waals surface area contributed by atoms with E-state index in [9.17, 15) is 4.39 Å². The zero-order valence-electron chi connectivity index (χ0n) is 8.60. The zero-order valence-corrected chi connectivity index (χ0v) is 10.1. The van der Waals surface area contributed by atoms with Crippen molar-refractivity contribution in [2.45, 2.75) is 6.92 Å². The molecule has 0 nitrogen and oxygen atoms in total. The van der Waals surface area contributed by atoms with Crippen LogP contribution in [0.3, 0.4) is 0 Å². The van der Waals surface area contributed by atoms with Crippen LogP contribution >= 0.6 is 23.2 Å². The lowest BCUT2D eigenvalue weighted by Gasteiger charge is -2.09. The van der Waals surface area contributed by atoms with E-state index in [0.29, 0.717) is 15.6 Å². The first-order valence-corrected chi connectivity index (χ1v) is 5.56. The van der Waals surface area contributed by atoms with E-state index in [1.807, 2.05) is 12.1 Å². The van der Waals surface area contributed by atoms with Gasteiger partial charge in [-0.2, -0.15) is 0 Å². The Morgan fingerprint density at radius 3 is 2.31 bits per heavy atom. The van der Waals surface area contributed by atoms with E-state index in [4.69, 9.17) is 23.2 Å². The first-order chi connectivity index (χ1) is 7.61. The van der Waals surface area contributed by atoms with Gasteiger partial charge in [-0.05, 0) is 30.2 Å². The fourth-order valence-corrected chi connectivity index (χ4v) is 2.01. The molecule has 2 aromatic rings. The van der Waals surface area contributed by atoms with Gasteiger partial charge in [0, 0.05) is 5.56 Å². The summed E-state index contributed by atoms with van der Waals surface area (Å²) < 4.78 is 13.4. The summed E-state index contributed by atoms with van der Waals surface area (Å²) in [7, 11) is 0. The molecule has 0 aliphatic rings. The highest BCUT2D eigenvalue weighted by Crippen LogP contribution is 2.35. The molecular weight excluding hydrogens is 246 g/mol. The quantitative estimate of drug-likeness (QED) is 0.664. The third-order valence-electron chi connectivity index (χ3n) is 2.51. The Labute approximate surface area is 104 Å². The molecule has 0 heterocycles. The number of rotatable bonds is 1. The molecule has 3 heteroatoms. The molecule has 0 radical (unpaired) electrons. The van der Waals surface area contributed by atoms with E-state index in [-0.39, 0.29) is 5.82 Å². The molecule has 0 aromatic heterocycles. The molecule has 0 spiro atoms. The van der Waals surface area contributed by atoms with Crippen molar-refractivity contribution in [3.63, 3.8) is 0 Å². The highest BCUT2D eigenvalue weighted by molar-refractivity contribution is 6.43. The Hall–Kier alpha value is -1.05. The maximum Gasteiger partial charge on any atom is 0.126 e. The van der Waals surface area contributed by atoms with E-state index >= 15 is 0 Å². The topological polar surface area (TPSA) is 0 Å². The second-order valence-electron chi connectivity index (χ2n) is 3.51. The summed E-state index contributed by atoms with van der Waals surface area (Å²) in [5.74, 6) is -0.242. The fourth-order valence-electron chi connectivity index (χ4n) is 1.61. The van der Waals surface area contributed by atoms with Crippen molar-refractivity contribution in [1.29, 1.82) is 0 Å². The molecule has 0 amide bonds. The van der Waals surface area contributed by atoms with Crippen LogP contribution in [-0.4, -0.2) is 0 Å². The molecule has 0 aliphatic heterocycles. The average Bonchev–Trinajstić information content (AvgIpc) is 2.27. The smallest absolute Gasteiger partial charge is 0.126 e. The van der Waals surface area contributed by atoms with Crippen molar-refractivity contribution in [1.82, 2.24) is 0 Å². The van der Waals surface area contributed by atoms with Gasteiger partial charge in [0.1, 0.15) is 5.82 Å². The molecule has 0 N–H and O–H groups in total.